The minimum atomic E-state index is -1.07. The van der Waals surface area contributed by atoms with Crippen molar-refractivity contribution in [3.8, 4) is 0 Å². The summed E-state index contributed by atoms with van der Waals surface area (Å²) in [5.74, 6) is -2.25. The van der Waals surface area contributed by atoms with E-state index in [0.717, 1.165) is 10.8 Å². The fourth-order valence-corrected chi connectivity index (χ4v) is 11.7. The number of hydrogen-bond acceptors (Lipinski definition) is 8. The Morgan fingerprint density at radius 1 is 1.00 bits per heavy atom. The van der Waals surface area contributed by atoms with E-state index < -0.39 is 52.0 Å². The molecular weight excluding hydrogens is 608 g/mol. The second kappa shape index (κ2) is 11.2. The number of nitrogens with two attached hydrogens (primary N) is 1. The van der Waals surface area contributed by atoms with Gasteiger partial charge in [0, 0.05) is 19.4 Å². The molecule has 1 aromatic heterocycles. The van der Waals surface area contributed by atoms with Crippen LogP contribution in [0.4, 0.5) is 0 Å². The minimum Gasteiger partial charge on any atom is -0.478 e. The number of rotatable bonds is 5. The van der Waals surface area contributed by atoms with Gasteiger partial charge in [-0.15, -0.1) is 5.10 Å². The van der Waals surface area contributed by atoms with Crippen molar-refractivity contribution < 1.29 is 29.6 Å². The Hall–Kier alpha value is -3.60. The van der Waals surface area contributed by atoms with E-state index in [9.17, 15) is 24.9 Å². The van der Waals surface area contributed by atoms with E-state index in [4.69, 9.17) is 10.5 Å². The summed E-state index contributed by atoms with van der Waals surface area (Å²) in [7, 11) is 0. The third-order valence-electron chi connectivity index (χ3n) is 14.0. The van der Waals surface area contributed by atoms with Crippen LogP contribution < -0.4 is 5.73 Å². The summed E-state index contributed by atoms with van der Waals surface area (Å²) in [4.78, 5) is 25.9. The van der Waals surface area contributed by atoms with Gasteiger partial charge in [0.25, 0.3) is 0 Å². The average molecular weight is 657 g/mol. The highest BCUT2D eigenvalue weighted by atomic mass is 16.5. The zero-order chi connectivity index (χ0) is 34.4. The van der Waals surface area contributed by atoms with E-state index in [2.05, 4.69) is 38.0 Å². The lowest BCUT2D eigenvalue weighted by Gasteiger charge is -2.72. The van der Waals surface area contributed by atoms with Gasteiger partial charge < -0.3 is 25.8 Å². The van der Waals surface area contributed by atoms with Crippen LogP contribution in [0.1, 0.15) is 84.4 Å². The predicted octanol–water partition coefficient (Wildman–Crippen LogP) is 5.06. The van der Waals surface area contributed by atoms with Crippen LogP contribution in [0.2, 0.25) is 0 Å². The zero-order valence-electron chi connectivity index (χ0n) is 28.5. The zero-order valence-corrected chi connectivity index (χ0v) is 28.5. The van der Waals surface area contributed by atoms with Crippen molar-refractivity contribution in [3.05, 3.63) is 65.5 Å². The standard InChI is InChI=1S/C38H48N4O6/c1-21-28(44)12-13-36(4)33-29(45)17-27-32(31(34(46)47)25-11-10-23-8-6-7-9-24(23)16-25)30(48-22(2)43)18-37(27,5)35(33,3)14-15-38(21,36)42-20-26(19-39)40-41-42/h6-11,16,20-21,27-30,33,44-45H,12-15,17-19,39H2,1-5H3,(H,46,47)/b32-31-/t21-,27+,28-,29-,30+,33-,35+,36-,37+,38-/m1/s1. The smallest absolute Gasteiger partial charge is 0.336 e. The molecule has 4 aliphatic carbocycles. The number of hydrogen-bond donors (Lipinski definition) is 4. The van der Waals surface area contributed by atoms with E-state index in [1.807, 2.05) is 53.3 Å². The monoisotopic (exact) mass is 656 g/mol. The van der Waals surface area contributed by atoms with Crippen LogP contribution in [0.3, 0.4) is 0 Å². The summed E-state index contributed by atoms with van der Waals surface area (Å²) >= 11 is 0. The van der Waals surface area contributed by atoms with E-state index in [0.29, 0.717) is 55.4 Å². The van der Waals surface area contributed by atoms with E-state index in [1.54, 1.807) is 0 Å². The quantitative estimate of drug-likeness (QED) is 0.217. The van der Waals surface area contributed by atoms with Crippen LogP contribution in [-0.4, -0.2) is 60.6 Å². The Morgan fingerprint density at radius 3 is 2.40 bits per heavy atom. The van der Waals surface area contributed by atoms with E-state index in [-0.39, 0.29) is 29.9 Å². The normalized spacial score (nSPS) is 40.1. The Bertz CT molecular complexity index is 1820. The van der Waals surface area contributed by atoms with Gasteiger partial charge in [-0.25, -0.2) is 9.48 Å². The molecule has 0 unspecified atom stereocenters. The average Bonchev–Trinajstić information content (AvgIpc) is 3.63. The maximum absolute atomic E-state index is 13.3. The summed E-state index contributed by atoms with van der Waals surface area (Å²) in [6.07, 6.45) is 3.31. The summed E-state index contributed by atoms with van der Waals surface area (Å²) in [5, 5.41) is 45.6. The molecule has 0 saturated heterocycles. The fraction of sp³-hybridized carbons (Fsp3) is 0.579. The molecule has 256 valence electrons. The molecule has 0 amide bonds. The summed E-state index contributed by atoms with van der Waals surface area (Å²) in [6, 6.07) is 13.5. The molecule has 0 aliphatic heterocycles. The topological polar surface area (TPSA) is 161 Å². The molecule has 4 aliphatic rings. The first kappa shape index (κ1) is 32.9. The first-order chi connectivity index (χ1) is 22.7. The molecule has 4 fully saturated rings. The van der Waals surface area contributed by atoms with Crippen molar-refractivity contribution in [1.82, 2.24) is 15.0 Å². The molecule has 0 radical (unpaired) electrons. The van der Waals surface area contributed by atoms with Crippen molar-refractivity contribution >= 4 is 28.3 Å². The molecule has 5 N–H and O–H groups in total. The van der Waals surface area contributed by atoms with Crippen LogP contribution in [0, 0.1) is 34.0 Å². The predicted molar refractivity (Wildman–Crippen MR) is 180 cm³/mol. The number of carboxylic acids is 1. The first-order valence-electron chi connectivity index (χ1n) is 17.3. The third kappa shape index (κ3) is 4.34. The van der Waals surface area contributed by atoms with Gasteiger partial charge in [-0.2, -0.15) is 0 Å². The molecular formula is C38H48N4O6. The maximum Gasteiger partial charge on any atom is 0.336 e. The molecule has 10 atom stereocenters. The van der Waals surface area contributed by atoms with Gasteiger partial charge in [0.15, 0.2) is 0 Å². The maximum atomic E-state index is 13.3. The van der Waals surface area contributed by atoms with Crippen molar-refractivity contribution in [1.29, 1.82) is 0 Å². The van der Waals surface area contributed by atoms with Crippen molar-refractivity contribution in [2.24, 2.45) is 39.7 Å². The molecule has 3 aromatic rings. The van der Waals surface area contributed by atoms with Crippen LogP contribution in [0.15, 0.2) is 54.2 Å². The Labute approximate surface area is 281 Å². The van der Waals surface area contributed by atoms with Crippen molar-refractivity contribution in [2.75, 3.05) is 0 Å². The van der Waals surface area contributed by atoms with E-state index >= 15 is 0 Å². The molecule has 0 bridgehead atoms. The molecule has 1 heterocycles. The molecule has 4 saturated carbocycles. The number of ether oxygens (including phenoxy) is 1. The molecule has 10 nitrogen and oxygen atoms in total. The number of aliphatic hydroxyl groups is 2. The number of benzene rings is 2. The molecule has 0 spiro atoms. The van der Waals surface area contributed by atoms with Gasteiger partial charge in [0.1, 0.15) is 6.10 Å². The second-order valence-electron chi connectivity index (χ2n) is 15.8. The lowest BCUT2D eigenvalue weighted by molar-refractivity contribution is -0.264. The lowest BCUT2D eigenvalue weighted by atomic mass is 9.34. The molecule has 48 heavy (non-hydrogen) atoms. The van der Waals surface area contributed by atoms with Crippen LogP contribution in [-0.2, 0) is 26.4 Å². The van der Waals surface area contributed by atoms with Gasteiger partial charge >= 0.3 is 11.9 Å². The number of carbonyl (C=O) groups excluding carboxylic acids is 1. The molecule has 2 aromatic carbocycles. The Balaban J connectivity index is 1.41. The van der Waals surface area contributed by atoms with Crippen LogP contribution >= 0.6 is 0 Å². The van der Waals surface area contributed by atoms with Crippen molar-refractivity contribution in [3.63, 3.8) is 0 Å². The highest BCUT2D eigenvalue weighted by Crippen LogP contribution is 2.76. The van der Waals surface area contributed by atoms with Gasteiger partial charge in [-0.1, -0.05) is 69.3 Å². The highest BCUT2D eigenvalue weighted by Gasteiger charge is 2.75. The number of fused-ring (bicyclic) bond motifs is 6. The number of esters is 1. The fourth-order valence-electron chi connectivity index (χ4n) is 11.7. The van der Waals surface area contributed by atoms with Crippen molar-refractivity contribution in [2.45, 2.75) is 104 Å². The van der Waals surface area contributed by atoms with Crippen LogP contribution in [0.25, 0.3) is 16.3 Å². The first-order valence-corrected chi connectivity index (χ1v) is 17.3. The largest absolute Gasteiger partial charge is 0.478 e. The number of aliphatic carboxylic acids is 1. The minimum absolute atomic E-state index is 0.151. The number of aliphatic hydroxyl groups excluding tert-OH is 2. The molecule has 7 rings (SSSR count). The second-order valence-corrected chi connectivity index (χ2v) is 15.8. The number of carbonyl (C=O) groups is 2. The molecule has 10 heteroatoms. The third-order valence-corrected chi connectivity index (χ3v) is 14.0. The summed E-state index contributed by atoms with van der Waals surface area (Å²) in [6.45, 7) is 10.4. The SMILES string of the molecule is CC(=O)O[C@H]1C[C@@]2(C)[C@@H](C[C@@H](O)[C@@H]3[C@]2(C)CC[C@@]2(n4cc(CN)nn4)[C@H](C)[C@H](O)CC[C@]32C)/C1=C(/C(=O)O)c1ccc2ccccc2c1. The van der Waals surface area contributed by atoms with Gasteiger partial charge in [0.05, 0.1) is 35.2 Å². The summed E-state index contributed by atoms with van der Waals surface area (Å²) < 4.78 is 7.98. The van der Waals surface area contributed by atoms with Gasteiger partial charge in [0.2, 0.25) is 0 Å². The van der Waals surface area contributed by atoms with E-state index in [1.165, 1.54) is 6.92 Å². The number of aromatic nitrogens is 3. The van der Waals surface area contributed by atoms with Crippen LogP contribution in [0.5, 0.6) is 0 Å². The lowest BCUT2D eigenvalue weighted by Crippen LogP contribution is -2.72. The number of carboxylic acid groups (broad SMARTS) is 1. The van der Waals surface area contributed by atoms with Gasteiger partial charge in [-0.05, 0) is 94.6 Å². The van der Waals surface area contributed by atoms with Gasteiger partial charge in [-0.3, -0.25) is 4.79 Å². The Kier molecular flexibility index (Phi) is 7.69. The Morgan fingerprint density at radius 2 is 1.73 bits per heavy atom. The highest BCUT2D eigenvalue weighted by molar-refractivity contribution is 6.17. The number of nitrogens with zero attached hydrogens (tertiary/aromatic N) is 3. The summed E-state index contributed by atoms with van der Waals surface area (Å²) in [5.41, 5.74) is 5.84.